The summed E-state index contributed by atoms with van der Waals surface area (Å²) < 4.78 is 0. The zero-order chi connectivity index (χ0) is 31.1. The van der Waals surface area contributed by atoms with Crippen LogP contribution in [0.1, 0.15) is 25.0 Å². The van der Waals surface area contributed by atoms with Gasteiger partial charge in [-0.2, -0.15) is 0 Å². The Bertz CT molecular complexity index is 2140. The van der Waals surface area contributed by atoms with Gasteiger partial charge in [0, 0.05) is 22.4 Å². The van der Waals surface area contributed by atoms with Gasteiger partial charge in [0.2, 0.25) is 0 Å². The van der Waals surface area contributed by atoms with Gasteiger partial charge >= 0.3 is 0 Å². The average molecular weight is 590 g/mol. The Kier molecular flexibility index (Phi) is 6.88. The third-order valence-corrected chi connectivity index (χ3v) is 9.49. The van der Waals surface area contributed by atoms with Gasteiger partial charge in [-0.15, -0.1) is 0 Å². The van der Waals surface area contributed by atoms with Crippen LogP contribution in [0.5, 0.6) is 0 Å². The lowest BCUT2D eigenvalue weighted by atomic mass is 9.82. The molecule has 7 aromatic carbocycles. The third-order valence-electron chi connectivity index (χ3n) is 9.49. The Hall–Kier alpha value is -5.66. The van der Waals surface area contributed by atoms with E-state index >= 15 is 0 Å². The molecule has 0 aliphatic heterocycles. The summed E-state index contributed by atoms with van der Waals surface area (Å²) in [6.45, 7) is 4.70. The Morgan fingerprint density at radius 1 is 0.370 bits per heavy atom. The van der Waals surface area contributed by atoms with Crippen molar-refractivity contribution in [2.75, 3.05) is 4.90 Å². The van der Waals surface area contributed by atoms with Crippen LogP contribution in [0.15, 0.2) is 176 Å². The minimum atomic E-state index is -0.0884. The first-order valence-electron chi connectivity index (χ1n) is 16.0. The van der Waals surface area contributed by atoms with Gasteiger partial charge in [-0.05, 0) is 80.4 Å². The molecule has 0 saturated carbocycles. The van der Waals surface area contributed by atoms with Crippen LogP contribution in [0, 0.1) is 0 Å². The molecular weight excluding hydrogens is 555 g/mol. The van der Waals surface area contributed by atoms with Crippen LogP contribution in [0.3, 0.4) is 0 Å². The quantitative estimate of drug-likeness (QED) is 0.186. The van der Waals surface area contributed by atoms with Crippen LogP contribution in [-0.2, 0) is 5.41 Å². The lowest BCUT2D eigenvalue weighted by Gasteiger charge is -2.30. The van der Waals surface area contributed by atoms with Gasteiger partial charge in [-0.25, -0.2) is 0 Å². The maximum Gasteiger partial charge on any atom is 0.0546 e. The first kappa shape index (κ1) is 27.9. The van der Waals surface area contributed by atoms with Gasteiger partial charge in [0.05, 0.1) is 5.69 Å². The summed E-state index contributed by atoms with van der Waals surface area (Å²) in [7, 11) is 0. The van der Waals surface area contributed by atoms with Gasteiger partial charge in [-0.1, -0.05) is 159 Å². The molecule has 1 aliphatic rings. The van der Waals surface area contributed by atoms with Gasteiger partial charge < -0.3 is 4.90 Å². The van der Waals surface area contributed by atoms with E-state index in [0.717, 1.165) is 17.1 Å². The van der Waals surface area contributed by atoms with Crippen molar-refractivity contribution < 1.29 is 0 Å². The van der Waals surface area contributed by atoms with Crippen molar-refractivity contribution >= 4 is 17.1 Å². The number of rotatable bonds is 6. The molecule has 0 fully saturated rings. The fourth-order valence-corrected chi connectivity index (χ4v) is 7.18. The number of benzene rings is 7. The number of nitrogens with zero attached hydrogens (tertiary/aromatic N) is 1. The Labute approximate surface area is 272 Å². The van der Waals surface area contributed by atoms with Crippen LogP contribution in [-0.4, -0.2) is 0 Å². The largest absolute Gasteiger partial charge is 0.310 e. The Morgan fingerprint density at radius 2 is 0.913 bits per heavy atom. The van der Waals surface area contributed by atoms with Gasteiger partial charge in [-0.3, -0.25) is 0 Å². The highest BCUT2D eigenvalue weighted by molar-refractivity contribution is 5.97. The summed E-state index contributed by atoms with van der Waals surface area (Å²) in [6.07, 6.45) is 0. The van der Waals surface area contributed by atoms with Crippen molar-refractivity contribution in [3.05, 3.63) is 187 Å². The molecule has 0 heterocycles. The van der Waals surface area contributed by atoms with E-state index in [1.807, 2.05) is 0 Å². The second kappa shape index (κ2) is 11.4. The molecule has 0 bridgehead atoms. The molecule has 46 heavy (non-hydrogen) atoms. The van der Waals surface area contributed by atoms with Crippen molar-refractivity contribution in [1.82, 2.24) is 0 Å². The van der Waals surface area contributed by atoms with Crippen molar-refractivity contribution in [2.24, 2.45) is 0 Å². The van der Waals surface area contributed by atoms with E-state index in [9.17, 15) is 0 Å². The van der Waals surface area contributed by atoms with E-state index in [-0.39, 0.29) is 5.41 Å². The van der Waals surface area contributed by atoms with Crippen LogP contribution >= 0.6 is 0 Å². The summed E-state index contributed by atoms with van der Waals surface area (Å²) in [5.41, 5.74) is 16.0. The number of anilines is 3. The average Bonchev–Trinajstić information content (AvgIpc) is 3.35. The second-order valence-corrected chi connectivity index (χ2v) is 12.6. The fraction of sp³-hybridized carbons (Fsp3) is 0.0667. The molecule has 220 valence electrons. The maximum atomic E-state index is 2.43. The highest BCUT2D eigenvalue weighted by atomic mass is 15.1. The standard InChI is InChI=1S/C45H35N/c1-45(2)41-23-13-12-21-39(41)40-30-29-37(31-42(40)45)46(36-19-10-5-11-20-36)43-24-14-22-38(44(43)35-17-8-4-9-18-35)34-27-25-33(26-28-34)32-15-6-3-7-16-32/h3-31H,1-2H3. The lowest BCUT2D eigenvalue weighted by molar-refractivity contribution is 0.660. The van der Waals surface area contributed by atoms with E-state index in [4.69, 9.17) is 0 Å². The Morgan fingerprint density at radius 3 is 1.63 bits per heavy atom. The molecule has 1 nitrogen and oxygen atoms in total. The normalized spacial score (nSPS) is 12.7. The van der Waals surface area contributed by atoms with Crippen LogP contribution in [0.25, 0.3) is 44.5 Å². The monoisotopic (exact) mass is 589 g/mol. The molecule has 0 N–H and O–H groups in total. The number of fused-ring (bicyclic) bond motifs is 3. The second-order valence-electron chi connectivity index (χ2n) is 12.6. The minimum Gasteiger partial charge on any atom is -0.310 e. The number of hydrogen-bond donors (Lipinski definition) is 0. The first-order valence-corrected chi connectivity index (χ1v) is 16.0. The molecule has 0 spiro atoms. The van der Waals surface area contributed by atoms with Gasteiger partial charge in [0.1, 0.15) is 0 Å². The molecule has 7 aromatic rings. The smallest absolute Gasteiger partial charge is 0.0546 e. The summed E-state index contributed by atoms with van der Waals surface area (Å²) >= 11 is 0. The van der Waals surface area contributed by atoms with E-state index < -0.39 is 0 Å². The van der Waals surface area contributed by atoms with Crippen molar-refractivity contribution in [2.45, 2.75) is 19.3 Å². The molecule has 0 unspecified atom stereocenters. The summed E-state index contributed by atoms with van der Waals surface area (Å²) in [4.78, 5) is 2.43. The predicted molar refractivity (Wildman–Crippen MR) is 195 cm³/mol. The van der Waals surface area contributed by atoms with Crippen molar-refractivity contribution in [3.8, 4) is 44.5 Å². The zero-order valence-corrected chi connectivity index (χ0v) is 26.2. The van der Waals surface area contributed by atoms with E-state index in [1.54, 1.807) is 0 Å². The van der Waals surface area contributed by atoms with Crippen LogP contribution in [0.4, 0.5) is 17.1 Å². The molecule has 0 aromatic heterocycles. The molecule has 8 rings (SSSR count). The molecule has 0 amide bonds. The molecule has 1 heteroatoms. The van der Waals surface area contributed by atoms with Gasteiger partial charge in [0.25, 0.3) is 0 Å². The molecule has 1 aliphatic carbocycles. The van der Waals surface area contributed by atoms with Crippen LogP contribution in [0.2, 0.25) is 0 Å². The van der Waals surface area contributed by atoms with Crippen LogP contribution < -0.4 is 4.90 Å². The fourth-order valence-electron chi connectivity index (χ4n) is 7.18. The van der Waals surface area contributed by atoms with Crippen molar-refractivity contribution in [3.63, 3.8) is 0 Å². The summed E-state index contributed by atoms with van der Waals surface area (Å²) in [6, 6.07) is 63.8. The van der Waals surface area contributed by atoms with Gasteiger partial charge in [0.15, 0.2) is 0 Å². The lowest BCUT2D eigenvalue weighted by Crippen LogP contribution is -2.17. The summed E-state index contributed by atoms with van der Waals surface area (Å²) in [5.74, 6) is 0. The highest BCUT2D eigenvalue weighted by Gasteiger charge is 2.36. The van der Waals surface area contributed by atoms with Crippen molar-refractivity contribution in [1.29, 1.82) is 0 Å². The SMILES string of the molecule is CC1(C)c2ccccc2-c2ccc(N(c3ccccc3)c3cccc(-c4ccc(-c5ccccc5)cc4)c3-c3ccccc3)cc21. The zero-order valence-electron chi connectivity index (χ0n) is 26.2. The molecule has 0 radical (unpaired) electrons. The van der Waals surface area contributed by atoms with E-state index in [0.29, 0.717) is 0 Å². The number of hydrogen-bond acceptors (Lipinski definition) is 1. The number of para-hydroxylation sites is 1. The first-order chi connectivity index (χ1) is 22.6. The van der Waals surface area contributed by atoms with E-state index in [2.05, 4.69) is 195 Å². The minimum absolute atomic E-state index is 0.0884. The molecular formula is C45H35N. The highest BCUT2D eigenvalue weighted by Crippen LogP contribution is 2.52. The third kappa shape index (κ3) is 4.73. The summed E-state index contributed by atoms with van der Waals surface area (Å²) in [5, 5.41) is 0. The van der Waals surface area contributed by atoms with E-state index in [1.165, 1.54) is 55.6 Å². The maximum absolute atomic E-state index is 2.43. The molecule has 0 atom stereocenters. The predicted octanol–water partition coefficient (Wildman–Crippen LogP) is 12.5. The topological polar surface area (TPSA) is 3.24 Å². The molecule has 0 saturated heterocycles. The Balaban J connectivity index is 1.33.